The van der Waals surface area contributed by atoms with E-state index in [1.54, 1.807) is 11.0 Å². The SMILES string of the molecule is CC(C)C1Oc2ccc(F)cc2N(C(C)CN)C1=O. The van der Waals surface area contributed by atoms with Crippen LogP contribution in [0.15, 0.2) is 18.2 Å². The summed E-state index contributed by atoms with van der Waals surface area (Å²) in [6.45, 7) is 5.99. The topological polar surface area (TPSA) is 55.6 Å². The molecule has 2 unspecified atom stereocenters. The Kier molecular flexibility index (Phi) is 3.75. The molecule has 1 heterocycles. The van der Waals surface area contributed by atoms with Gasteiger partial charge in [0.2, 0.25) is 0 Å². The van der Waals surface area contributed by atoms with E-state index in [-0.39, 0.29) is 17.9 Å². The fourth-order valence-electron chi connectivity index (χ4n) is 2.20. The number of rotatable bonds is 3. The van der Waals surface area contributed by atoms with Crippen LogP contribution in [0.1, 0.15) is 20.8 Å². The third-order valence-corrected chi connectivity index (χ3v) is 3.30. The zero-order valence-electron chi connectivity index (χ0n) is 11.4. The third kappa shape index (κ3) is 2.42. The van der Waals surface area contributed by atoms with Crippen LogP contribution < -0.4 is 15.4 Å². The molecule has 0 aliphatic carbocycles. The van der Waals surface area contributed by atoms with Crippen molar-refractivity contribution in [1.29, 1.82) is 0 Å². The van der Waals surface area contributed by atoms with E-state index >= 15 is 0 Å². The molecule has 1 aliphatic heterocycles. The molecule has 0 aromatic heterocycles. The summed E-state index contributed by atoms with van der Waals surface area (Å²) in [5.74, 6) is 0.0107. The molecule has 2 rings (SSSR count). The van der Waals surface area contributed by atoms with E-state index in [4.69, 9.17) is 10.5 Å². The molecule has 4 nitrogen and oxygen atoms in total. The van der Waals surface area contributed by atoms with Gasteiger partial charge in [-0.15, -0.1) is 0 Å². The minimum atomic E-state index is -0.549. The van der Waals surface area contributed by atoms with Gasteiger partial charge in [-0.25, -0.2) is 4.39 Å². The molecule has 1 amide bonds. The van der Waals surface area contributed by atoms with Crippen LogP contribution >= 0.6 is 0 Å². The quantitative estimate of drug-likeness (QED) is 0.909. The lowest BCUT2D eigenvalue weighted by atomic mass is 10.0. The first-order chi connectivity index (χ1) is 8.95. The van der Waals surface area contributed by atoms with Crippen LogP contribution in [0, 0.1) is 11.7 Å². The monoisotopic (exact) mass is 266 g/mol. The van der Waals surface area contributed by atoms with Crippen LogP contribution in [0.5, 0.6) is 5.75 Å². The number of hydrogen-bond donors (Lipinski definition) is 1. The van der Waals surface area contributed by atoms with Crippen molar-refractivity contribution < 1.29 is 13.9 Å². The number of ether oxygens (including phenoxy) is 1. The van der Waals surface area contributed by atoms with Crippen LogP contribution in [0.4, 0.5) is 10.1 Å². The number of halogens is 1. The highest BCUT2D eigenvalue weighted by Gasteiger charge is 2.38. The van der Waals surface area contributed by atoms with E-state index in [2.05, 4.69) is 0 Å². The van der Waals surface area contributed by atoms with Crippen molar-refractivity contribution in [1.82, 2.24) is 0 Å². The highest BCUT2D eigenvalue weighted by molar-refractivity contribution is 6.00. The van der Waals surface area contributed by atoms with Crippen LogP contribution in [0.2, 0.25) is 0 Å². The van der Waals surface area contributed by atoms with Gasteiger partial charge in [0.1, 0.15) is 11.6 Å². The Bertz CT molecular complexity index is 490. The molecule has 1 aromatic rings. The minimum absolute atomic E-state index is 0.0400. The van der Waals surface area contributed by atoms with Gasteiger partial charge in [-0.3, -0.25) is 4.79 Å². The molecule has 0 radical (unpaired) electrons. The van der Waals surface area contributed by atoms with Crippen LogP contribution in [-0.4, -0.2) is 24.6 Å². The van der Waals surface area contributed by atoms with Gasteiger partial charge in [-0.1, -0.05) is 13.8 Å². The maximum atomic E-state index is 13.4. The second kappa shape index (κ2) is 5.17. The third-order valence-electron chi connectivity index (χ3n) is 3.30. The number of hydrogen-bond acceptors (Lipinski definition) is 3. The van der Waals surface area contributed by atoms with Gasteiger partial charge < -0.3 is 15.4 Å². The summed E-state index contributed by atoms with van der Waals surface area (Å²) < 4.78 is 19.1. The summed E-state index contributed by atoms with van der Waals surface area (Å²) in [6.07, 6.45) is -0.549. The van der Waals surface area contributed by atoms with Gasteiger partial charge in [0.25, 0.3) is 5.91 Å². The fraction of sp³-hybridized carbons (Fsp3) is 0.500. The lowest BCUT2D eigenvalue weighted by Gasteiger charge is -2.38. The maximum absolute atomic E-state index is 13.4. The van der Waals surface area contributed by atoms with Gasteiger partial charge >= 0.3 is 0 Å². The Morgan fingerprint density at radius 1 is 1.42 bits per heavy atom. The average molecular weight is 266 g/mol. The van der Waals surface area contributed by atoms with Crippen molar-refractivity contribution >= 4 is 11.6 Å². The largest absolute Gasteiger partial charge is 0.478 e. The van der Waals surface area contributed by atoms with E-state index in [1.807, 2.05) is 20.8 Å². The van der Waals surface area contributed by atoms with Crippen molar-refractivity contribution in [2.24, 2.45) is 11.7 Å². The minimum Gasteiger partial charge on any atom is -0.478 e. The Hall–Kier alpha value is -1.62. The first kappa shape index (κ1) is 13.8. The first-order valence-electron chi connectivity index (χ1n) is 6.45. The number of carbonyl (C=O) groups is 1. The Balaban J connectivity index is 2.50. The van der Waals surface area contributed by atoms with E-state index < -0.39 is 11.9 Å². The molecular formula is C14H19FN2O2. The molecule has 104 valence electrons. The number of fused-ring (bicyclic) bond motifs is 1. The number of nitrogens with two attached hydrogens (primary N) is 1. The maximum Gasteiger partial charge on any atom is 0.268 e. The van der Waals surface area contributed by atoms with E-state index in [9.17, 15) is 9.18 Å². The standard InChI is InChI=1S/C14H19FN2O2/c1-8(2)13-14(18)17(9(3)7-16)11-6-10(15)4-5-12(11)19-13/h4-6,8-9,13H,7,16H2,1-3H3. The molecule has 0 bridgehead atoms. The molecule has 0 spiro atoms. The van der Waals surface area contributed by atoms with E-state index in [0.717, 1.165) is 0 Å². The van der Waals surface area contributed by atoms with E-state index in [0.29, 0.717) is 18.0 Å². The molecule has 19 heavy (non-hydrogen) atoms. The fourth-order valence-corrected chi connectivity index (χ4v) is 2.20. The molecule has 0 saturated heterocycles. The Labute approximate surface area is 112 Å². The first-order valence-corrected chi connectivity index (χ1v) is 6.45. The average Bonchev–Trinajstić information content (AvgIpc) is 2.37. The van der Waals surface area contributed by atoms with Gasteiger partial charge in [-0.2, -0.15) is 0 Å². The highest BCUT2D eigenvalue weighted by atomic mass is 19.1. The molecule has 0 saturated carbocycles. The smallest absolute Gasteiger partial charge is 0.268 e. The number of benzene rings is 1. The van der Waals surface area contributed by atoms with Gasteiger partial charge in [0, 0.05) is 18.7 Å². The summed E-state index contributed by atoms with van der Waals surface area (Å²) in [5.41, 5.74) is 6.11. The van der Waals surface area contributed by atoms with Crippen LogP contribution in [-0.2, 0) is 4.79 Å². The second-order valence-corrected chi connectivity index (χ2v) is 5.19. The van der Waals surface area contributed by atoms with Crippen molar-refractivity contribution in [3.05, 3.63) is 24.0 Å². The molecule has 5 heteroatoms. The van der Waals surface area contributed by atoms with Gasteiger partial charge in [0.15, 0.2) is 6.10 Å². The van der Waals surface area contributed by atoms with Gasteiger partial charge in [-0.05, 0) is 25.0 Å². The molecule has 2 N–H and O–H groups in total. The molecule has 1 aromatic carbocycles. The Morgan fingerprint density at radius 3 is 2.68 bits per heavy atom. The van der Waals surface area contributed by atoms with Crippen molar-refractivity contribution in [2.75, 3.05) is 11.4 Å². The normalized spacial score (nSPS) is 20.2. The lowest BCUT2D eigenvalue weighted by Crippen LogP contribution is -2.53. The zero-order chi connectivity index (χ0) is 14.2. The predicted octanol–water partition coefficient (Wildman–Crippen LogP) is 1.92. The number of carbonyl (C=O) groups excluding carboxylic acids is 1. The molecule has 2 atom stereocenters. The summed E-state index contributed by atoms with van der Waals surface area (Å²) >= 11 is 0. The van der Waals surface area contributed by atoms with Crippen LogP contribution in [0.3, 0.4) is 0 Å². The van der Waals surface area contributed by atoms with E-state index in [1.165, 1.54) is 12.1 Å². The van der Waals surface area contributed by atoms with Crippen molar-refractivity contribution in [3.63, 3.8) is 0 Å². The summed E-state index contributed by atoms with van der Waals surface area (Å²) in [7, 11) is 0. The molecule has 1 aliphatic rings. The summed E-state index contributed by atoms with van der Waals surface area (Å²) in [5, 5.41) is 0. The predicted molar refractivity (Wildman–Crippen MR) is 71.7 cm³/mol. The number of nitrogens with zero attached hydrogens (tertiary/aromatic N) is 1. The Morgan fingerprint density at radius 2 is 2.11 bits per heavy atom. The summed E-state index contributed by atoms with van der Waals surface area (Å²) in [4.78, 5) is 14.0. The summed E-state index contributed by atoms with van der Waals surface area (Å²) in [6, 6.07) is 4.01. The van der Waals surface area contributed by atoms with Crippen LogP contribution in [0.25, 0.3) is 0 Å². The zero-order valence-corrected chi connectivity index (χ0v) is 11.4. The van der Waals surface area contributed by atoms with Crippen molar-refractivity contribution in [3.8, 4) is 5.75 Å². The molecule has 0 fully saturated rings. The number of amides is 1. The lowest BCUT2D eigenvalue weighted by molar-refractivity contribution is -0.128. The number of anilines is 1. The van der Waals surface area contributed by atoms with Gasteiger partial charge in [0.05, 0.1) is 5.69 Å². The molecular weight excluding hydrogens is 247 g/mol. The van der Waals surface area contributed by atoms with Crippen molar-refractivity contribution in [2.45, 2.75) is 32.9 Å². The highest BCUT2D eigenvalue weighted by Crippen LogP contribution is 2.37. The second-order valence-electron chi connectivity index (χ2n) is 5.19.